The molecule has 0 aliphatic carbocycles. The van der Waals surface area contributed by atoms with E-state index in [1.54, 1.807) is 4.90 Å². The highest BCUT2D eigenvalue weighted by atomic mass is 16.6. The molecule has 0 aromatic rings. The summed E-state index contributed by atoms with van der Waals surface area (Å²) in [5, 5.41) is 3.41. The van der Waals surface area contributed by atoms with Crippen LogP contribution in [-0.2, 0) is 9.47 Å². The van der Waals surface area contributed by atoms with Gasteiger partial charge in [-0.05, 0) is 39.0 Å². The van der Waals surface area contributed by atoms with Gasteiger partial charge in [-0.1, -0.05) is 20.8 Å². The maximum atomic E-state index is 12.0. The van der Waals surface area contributed by atoms with Gasteiger partial charge in [-0.15, -0.1) is 0 Å². The average Bonchev–Trinajstić information content (AvgIpc) is 2.35. The molecule has 1 N–H and O–H groups in total. The minimum Gasteiger partial charge on any atom is -0.444 e. The lowest BCUT2D eigenvalue weighted by Gasteiger charge is -2.33. The van der Waals surface area contributed by atoms with Crippen molar-refractivity contribution in [1.29, 1.82) is 0 Å². The third kappa shape index (κ3) is 8.59. The molecule has 1 rings (SSSR count). The van der Waals surface area contributed by atoms with Crippen LogP contribution in [0, 0.1) is 5.41 Å². The lowest BCUT2D eigenvalue weighted by atomic mass is 9.97. The number of carbonyl (C=O) groups excluding carboxylic acids is 1. The van der Waals surface area contributed by atoms with E-state index in [0.717, 1.165) is 45.6 Å². The first kappa shape index (κ1) is 19.2. The zero-order valence-corrected chi connectivity index (χ0v) is 15.2. The van der Waals surface area contributed by atoms with E-state index >= 15 is 0 Å². The molecular formula is C17H34N2O3. The van der Waals surface area contributed by atoms with Gasteiger partial charge in [0, 0.05) is 26.2 Å². The quantitative estimate of drug-likeness (QED) is 0.793. The van der Waals surface area contributed by atoms with Crippen molar-refractivity contribution >= 4 is 6.09 Å². The molecule has 0 atom stereocenters. The standard InChI is InChI=1S/C17H34N2O3/c1-16(2,3)13-18-9-12-21-14-7-10-19(11-8-14)15(20)22-17(4,5)6/h14,18H,7-13H2,1-6H3. The van der Waals surface area contributed by atoms with Gasteiger partial charge in [-0.3, -0.25) is 0 Å². The van der Waals surface area contributed by atoms with Gasteiger partial charge in [0.15, 0.2) is 0 Å². The van der Waals surface area contributed by atoms with Gasteiger partial charge in [0.05, 0.1) is 12.7 Å². The number of rotatable bonds is 5. The van der Waals surface area contributed by atoms with Crippen LogP contribution >= 0.6 is 0 Å². The fraction of sp³-hybridized carbons (Fsp3) is 0.941. The third-order valence-corrected chi connectivity index (χ3v) is 3.38. The number of piperidine rings is 1. The molecule has 0 spiro atoms. The molecule has 1 heterocycles. The monoisotopic (exact) mass is 314 g/mol. The fourth-order valence-corrected chi connectivity index (χ4v) is 2.29. The normalized spacial score (nSPS) is 17.6. The highest BCUT2D eigenvalue weighted by Crippen LogP contribution is 2.17. The Morgan fingerprint density at radius 1 is 1.14 bits per heavy atom. The second-order valence-electron chi connectivity index (χ2n) is 8.27. The minimum absolute atomic E-state index is 0.210. The molecule has 1 aliphatic heterocycles. The number of hydrogen-bond acceptors (Lipinski definition) is 4. The van der Waals surface area contributed by atoms with E-state index < -0.39 is 5.60 Å². The van der Waals surface area contributed by atoms with Crippen molar-refractivity contribution in [1.82, 2.24) is 10.2 Å². The van der Waals surface area contributed by atoms with Crippen molar-refractivity contribution in [3.05, 3.63) is 0 Å². The topological polar surface area (TPSA) is 50.8 Å². The lowest BCUT2D eigenvalue weighted by molar-refractivity contribution is -0.0106. The number of nitrogens with one attached hydrogen (secondary N) is 1. The largest absolute Gasteiger partial charge is 0.444 e. The third-order valence-electron chi connectivity index (χ3n) is 3.38. The molecule has 0 saturated carbocycles. The lowest BCUT2D eigenvalue weighted by Crippen LogP contribution is -2.43. The van der Waals surface area contributed by atoms with Gasteiger partial charge < -0.3 is 19.7 Å². The second-order valence-corrected chi connectivity index (χ2v) is 8.27. The molecule has 5 heteroatoms. The Kier molecular flexibility index (Phi) is 7.13. The molecule has 0 aromatic carbocycles. The van der Waals surface area contributed by atoms with Crippen LogP contribution in [0.3, 0.4) is 0 Å². The van der Waals surface area contributed by atoms with E-state index in [-0.39, 0.29) is 12.2 Å². The smallest absolute Gasteiger partial charge is 0.410 e. The summed E-state index contributed by atoms with van der Waals surface area (Å²) in [6.45, 7) is 16.4. The zero-order valence-electron chi connectivity index (χ0n) is 15.2. The molecule has 1 aliphatic rings. The summed E-state index contributed by atoms with van der Waals surface area (Å²) in [5.74, 6) is 0. The van der Waals surface area contributed by atoms with Crippen LogP contribution in [0.1, 0.15) is 54.4 Å². The first-order valence-electron chi connectivity index (χ1n) is 8.37. The number of likely N-dealkylation sites (tertiary alicyclic amines) is 1. The van der Waals surface area contributed by atoms with Crippen LogP contribution < -0.4 is 5.32 Å². The van der Waals surface area contributed by atoms with Gasteiger partial charge >= 0.3 is 6.09 Å². The maximum absolute atomic E-state index is 12.0. The first-order chi connectivity index (χ1) is 10.1. The van der Waals surface area contributed by atoms with Crippen LogP contribution in [0.25, 0.3) is 0 Å². The highest BCUT2D eigenvalue weighted by Gasteiger charge is 2.27. The van der Waals surface area contributed by atoms with Crippen LogP contribution in [0.2, 0.25) is 0 Å². The minimum atomic E-state index is -0.427. The first-order valence-corrected chi connectivity index (χ1v) is 8.37. The molecule has 1 amide bonds. The molecular weight excluding hydrogens is 280 g/mol. The number of hydrogen-bond donors (Lipinski definition) is 1. The second kappa shape index (κ2) is 8.16. The van der Waals surface area contributed by atoms with Crippen LogP contribution in [0.4, 0.5) is 4.79 Å². The maximum Gasteiger partial charge on any atom is 0.410 e. The number of amides is 1. The molecule has 0 unspecified atom stereocenters. The van der Waals surface area contributed by atoms with E-state index in [2.05, 4.69) is 26.1 Å². The number of ether oxygens (including phenoxy) is 2. The van der Waals surface area contributed by atoms with Gasteiger partial charge in [0.25, 0.3) is 0 Å². The van der Waals surface area contributed by atoms with Crippen LogP contribution in [0.5, 0.6) is 0 Å². The van der Waals surface area contributed by atoms with Crippen molar-refractivity contribution in [2.75, 3.05) is 32.8 Å². The summed E-state index contributed by atoms with van der Waals surface area (Å²) < 4.78 is 11.3. The fourth-order valence-electron chi connectivity index (χ4n) is 2.29. The van der Waals surface area contributed by atoms with Gasteiger partial charge in [-0.2, -0.15) is 0 Å². The molecule has 0 bridgehead atoms. The van der Waals surface area contributed by atoms with E-state index in [4.69, 9.17) is 9.47 Å². The predicted molar refractivity (Wildman–Crippen MR) is 89.1 cm³/mol. The van der Waals surface area contributed by atoms with Crippen LogP contribution in [0.15, 0.2) is 0 Å². The van der Waals surface area contributed by atoms with Crippen molar-refractivity contribution < 1.29 is 14.3 Å². The van der Waals surface area contributed by atoms with E-state index in [1.807, 2.05) is 20.8 Å². The van der Waals surface area contributed by atoms with Gasteiger partial charge in [0.2, 0.25) is 0 Å². The van der Waals surface area contributed by atoms with Crippen molar-refractivity contribution in [2.45, 2.75) is 66.1 Å². The molecule has 0 aromatic heterocycles. The van der Waals surface area contributed by atoms with Crippen molar-refractivity contribution in [3.63, 3.8) is 0 Å². The van der Waals surface area contributed by atoms with Gasteiger partial charge in [0.1, 0.15) is 5.60 Å². The van der Waals surface area contributed by atoms with E-state index in [9.17, 15) is 4.79 Å². The van der Waals surface area contributed by atoms with E-state index in [1.165, 1.54) is 0 Å². The molecule has 1 saturated heterocycles. The Balaban J connectivity index is 2.14. The Morgan fingerprint density at radius 2 is 1.73 bits per heavy atom. The zero-order chi connectivity index (χ0) is 16.8. The Labute approximate surface area is 135 Å². The summed E-state index contributed by atoms with van der Waals surface area (Å²) in [6.07, 6.45) is 1.82. The SMILES string of the molecule is CC(C)(C)CNCCOC1CCN(C(=O)OC(C)(C)C)CC1. The number of carbonyl (C=O) groups is 1. The van der Waals surface area contributed by atoms with Crippen molar-refractivity contribution in [2.24, 2.45) is 5.41 Å². The van der Waals surface area contributed by atoms with Crippen LogP contribution in [-0.4, -0.2) is 55.5 Å². The average molecular weight is 314 g/mol. The molecule has 1 fully saturated rings. The Bertz CT molecular complexity index is 337. The Hall–Kier alpha value is -0.810. The predicted octanol–water partition coefficient (Wildman–Crippen LogP) is 3.04. The van der Waals surface area contributed by atoms with Gasteiger partial charge in [-0.25, -0.2) is 4.79 Å². The molecule has 22 heavy (non-hydrogen) atoms. The molecule has 0 radical (unpaired) electrons. The van der Waals surface area contributed by atoms with E-state index in [0.29, 0.717) is 5.41 Å². The summed E-state index contributed by atoms with van der Waals surface area (Å²) in [7, 11) is 0. The Morgan fingerprint density at radius 3 is 2.23 bits per heavy atom. The van der Waals surface area contributed by atoms with Crippen molar-refractivity contribution in [3.8, 4) is 0 Å². The number of nitrogens with zero attached hydrogens (tertiary/aromatic N) is 1. The summed E-state index contributed by atoms with van der Waals surface area (Å²) in [4.78, 5) is 13.7. The summed E-state index contributed by atoms with van der Waals surface area (Å²) >= 11 is 0. The molecule has 130 valence electrons. The highest BCUT2D eigenvalue weighted by molar-refractivity contribution is 5.68. The summed E-state index contributed by atoms with van der Waals surface area (Å²) in [5.41, 5.74) is -0.123. The molecule has 5 nitrogen and oxygen atoms in total. The summed E-state index contributed by atoms with van der Waals surface area (Å²) in [6, 6.07) is 0.